The molecule has 1 heteroatoms. The molecule has 0 bridgehead atoms. The van der Waals surface area contributed by atoms with E-state index in [1.54, 1.807) is 0 Å². The number of hydrogen-bond acceptors (Lipinski definition) is 1. The summed E-state index contributed by atoms with van der Waals surface area (Å²) in [6, 6.07) is 0. The molecule has 1 nitrogen and oxygen atoms in total. The molecule has 0 aliphatic rings. The lowest BCUT2D eigenvalue weighted by Gasteiger charge is -2.14. The summed E-state index contributed by atoms with van der Waals surface area (Å²) in [6.45, 7) is 12.4. The van der Waals surface area contributed by atoms with E-state index < -0.39 is 5.60 Å². The maximum absolute atomic E-state index is 9.66. The standard InChI is InChI=1S/C18H32O/c1-15(2)9-7-10-16(3)11-8-12-17(4)13-14-18(5,6)19/h9,11,13,19H,7-8,10,12,14H2,1-6H3. The predicted octanol–water partition coefficient (Wildman–Crippen LogP) is 5.57. The van der Waals surface area contributed by atoms with E-state index in [1.165, 1.54) is 16.7 Å². The third-order valence-corrected chi connectivity index (χ3v) is 3.07. The molecule has 1 N–H and O–H groups in total. The summed E-state index contributed by atoms with van der Waals surface area (Å²) >= 11 is 0. The van der Waals surface area contributed by atoms with Gasteiger partial charge in [-0.1, -0.05) is 34.9 Å². The molecule has 0 aromatic rings. The van der Waals surface area contributed by atoms with Gasteiger partial charge in [-0.05, 0) is 73.6 Å². The lowest BCUT2D eigenvalue weighted by Crippen LogP contribution is -2.16. The second-order valence-electron chi connectivity index (χ2n) is 6.48. The van der Waals surface area contributed by atoms with Gasteiger partial charge in [0.25, 0.3) is 0 Å². The highest BCUT2D eigenvalue weighted by molar-refractivity contribution is 5.06. The van der Waals surface area contributed by atoms with Crippen LogP contribution in [-0.2, 0) is 0 Å². The van der Waals surface area contributed by atoms with Crippen molar-refractivity contribution in [3.8, 4) is 0 Å². The van der Waals surface area contributed by atoms with Crippen molar-refractivity contribution in [2.24, 2.45) is 0 Å². The quantitative estimate of drug-likeness (QED) is 0.568. The van der Waals surface area contributed by atoms with E-state index in [-0.39, 0.29) is 0 Å². The first-order valence-corrected chi connectivity index (χ1v) is 7.38. The van der Waals surface area contributed by atoms with Crippen molar-refractivity contribution in [1.29, 1.82) is 0 Å². The van der Waals surface area contributed by atoms with Gasteiger partial charge in [0.2, 0.25) is 0 Å². The van der Waals surface area contributed by atoms with Gasteiger partial charge in [0.05, 0.1) is 5.60 Å². The fourth-order valence-electron chi connectivity index (χ4n) is 1.76. The minimum Gasteiger partial charge on any atom is -0.390 e. The molecule has 0 saturated carbocycles. The van der Waals surface area contributed by atoms with Crippen molar-refractivity contribution in [3.63, 3.8) is 0 Å². The molecular formula is C18H32O. The van der Waals surface area contributed by atoms with Crippen LogP contribution < -0.4 is 0 Å². The Morgan fingerprint density at radius 1 is 0.842 bits per heavy atom. The minimum absolute atomic E-state index is 0.586. The average Bonchev–Trinajstić information content (AvgIpc) is 2.25. The zero-order valence-electron chi connectivity index (χ0n) is 13.7. The zero-order valence-corrected chi connectivity index (χ0v) is 13.7. The number of allylic oxidation sites excluding steroid dienone is 5. The second-order valence-corrected chi connectivity index (χ2v) is 6.48. The molecule has 19 heavy (non-hydrogen) atoms. The topological polar surface area (TPSA) is 20.2 Å². The first kappa shape index (κ1) is 18.2. The van der Waals surface area contributed by atoms with E-state index in [0.717, 1.165) is 32.1 Å². The van der Waals surface area contributed by atoms with Gasteiger partial charge in [-0.3, -0.25) is 0 Å². The Bertz CT molecular complexity index is 333. The van der Waals surface area contributed by atoms with Crippen LogP contribution in [0.3, 0.4) is 0 Å². The molecule has 0 amide bonds. The molecule has 0 atom stereocenters. The van der Waals surface area contributed by atoms with E-state index in [4.69, 9.17) is 0 Å². The van der Waals surface area contributed by atoms with Crippen LogP contribution in [0.5, 0.6) is 0 Å². The Kier molecular flexibility index (Phi) is 8.75. The third kappa shape index (κ3) is 13.4. The Labute approximate surface area is 120 Å². The van der Waals surface area contributed by atoms with Crippen LogP contribution in [0, 0.1) is 0 Å². The monoisotopic (exact) mass is 264 g/mol. The van der Waals surface area contributed by atoms with Crippen LogP contribution in [0.15, 0.2) is 34.9 Å². The third-order valence-electron chi connectivity index (χ3n) is 3.07. The largest absolute Gasteiger partial charge is 0.390 e. The fraction of sp³-hybridized carbons (Fsp3) is 0.667. The van der Waals surface area contributed by atoms with Gasteiger partial charge in [0.15, 0.2) is 0 Å². The van der Waals surface area contributed by atoms with Crippen molar-refractivity contribution >= 4 is 0 Å². The summed E-state index contributed by atoms with van der Waals surface area (Å²) in [5.74, 6) is 0. The average molecular weight is 264 g/mol. The van der Waals surface area contributed by atoms with Gasteiger partial charge in [0, 0.05) is 0 Å². The molecule has 0 aromatic heterocycles. The van der Waals surface area contributed by atoms with Gasteiger partial charge < -0.3 is 5.11 Å². The highest BCUT2D eigenvalue weighted by atomic mass is 16.3. The van der Waals surface area contributed by atoms with Gasteiger partial charge in [-0.2, -0.15) is 0 Å². The van der Waals surface area contributed by atoms with Crippen molar-refractivity contribution in [2.75, 3.05) is 0 Å². The van der Waals surface area contributed by atoms with E-state index in [1.807, 2.05) is 13.8 Å². The summed E-state index contributed by atoms with van der Waals surface area (Å²) in [4.78, 5) is 0. The van der Waals surface area contributed by atoms with Crippen molar-refractivity contribution < 1.29 is 5.11 Å². The number of rotatable bonds is 8. The molecular weight excluding hydrogens is 232 g/mol. The molecule has 0 rings (SSSR count). The molecule has 0 fully saturated rings. The summed E-state index contributed by atoms with van der Waals surface area (Å²) < 4.78 is 0. The molecule has 0 heterocycles. The highest BCUT2D eigenvalue weighted by Gasteiger charge is 2.09. The van der Waals surface area contributed by atoms with Gasteiger partial charge >= 0.3 is 0 Å². The maximum atomic E-state index is 9.66. The lowest BCUT2D eigenvalue weighted by atomic mass is 10.0. The van der Waals surface area contributed by atoms with E-state index in [9.17, 15) is 5.11 Å². The Morgan fingerprint density at radius 3 is 1.79 bits per heavy atom. The summed E-state index contributed by atoms with van der Waals surface area (Å²) in [5, 5.41) is 9.66. The van der Waals surface area contributed by atoms with Gasteiger partial charge in [-0.15, -0.1) is 0 Å². The van der Waals surface area contributed by atoms with E-state index in [2.05, 4.69) is 45.9 Å². The molecule has 0 unspecified atom stereocenters. The van der Waals surface area contributed by atoms with Crippen LogP contribution >= 0.6 is 0 Å². The van der Waals surface area contributed by atoms with Crippen LogP contribution in [0.2, 0.25) is 0 Å². The first-order valence-electron chi connectivity index (χ1n) is 7.38. The molecule has 0 aliphatic heterocycles. The van der Waals surface area contributed by atoms with Crippen LogP contribution in [-0.4, -0.2) is 10.7 Å². The minimum atomic E-state index is -0.586. The highest BCUT2D eigenvalue weighted by Crippen LogP contribution is 2.14. The van der Waals surface area contributed by atoms with E-state index in [0.29, 0.717) is 0 Å². The SMILES string of the molecule is CC(C)=CCCC(C)=CCCC(C)=CCC(C)(C)O. The van der Waals surface area contributed by atoms with Crippen LogP contribution in [0.1, 0.15) is 73.6 Å². The summed E-state index contributed by atoms with van der Waals surface area (Å²) in [5.41, 5.74) is 3.67. The van der Waals surface area contributed by atoms with Crippen molar-refractivity contribution in [3.05, 3.63) is 34.9 Å². The summed E-state index contributed by atoms with van der Waals surface area (Å²) in [6.07, 6.45) is 12.1. The van der Waals surface area contributed by atoms with Crippen molar-refractivity contribution in [2.45, 2.75) is 79.2 Å². The normalized spacial score (nSPS) is 13.6. The summed E-state index contributed by atoms with van der Waals surface area (Å²) in [7, 11) is 0. The molecule has 0 radical (unpaired) electrons. The second kappa shape index (κ2) is 9.14. The molecule has 110 valence electrons. The first-order chi connectivity index (χ1) is 8.70. The predicted molar refractivity (Wildman–Crippen MR) is 86.3 cm³/mol. The number of hydrogen-bond donors (Lipinski definition) is 1. The smallest absolute Gasteiger partial charge is 0.0626 e. The lowest BCUT2D eigenvalue weighted by molar-refractivity contribution is 0.0836. The molecule has 0 aromatic carbocycles. The van der Waals surface area contributed by atoms with Crippen LogP contribution in [0.25, 0.3) is 0 Å². The number of aliphatic hydroxyl groups is 1. The zero-order chi connectivity index (χ0) is 14.9. The fourth-order valence-corrected chi connectivity index (χ4v) is 1.76. The Balaban J connectivity index is 3.96. The van der Waals surface area contributed by atoms with Crippen molar-refractivity contribution in [1.82, 2.24) is 0 Å². The maximum Gasteiger partial charge on any atom is 0.0626 e. The van der Waals surface area contributed by atoms with Gasteiger partial charge in [0.1, 0.15) is 0 Å². The molecule has 0 spiro atoms. The molecule has 0 saturated heterocycles. The van der Waals surface area contributed by atoms with Crippen LogP contribution in [0.4, 0.5) is 0 Å². The Hall–Kier alpha value is -0.820. The van der Waals surface area contributed by atoms with Gasteiger partial charge in [-0.25, -0.2) is 0 Å². The molecule has 0 aliphatic carbocycles. The van der Waals surface area contributed by atoms with E-state index >= 15 is 0 Å². The Morgan fingerprint density at radius 2 is 1.32 bits per heavy atom.